The second-order valence-electron chi connectivity index (χ2n) is 5.06. The number of hydrogen-bond acceptors (Lipinski definition) is 4. The van der Waals surface area contributed by atoms with Crippen LogP contribution in [0.15, 0.2) is 53.4 Å². The van der Waals surface area contributed by atoms with Crippen molar-refractivity contribution < 1.29 is 5.11 Å². The number of hydrogen-bond donors (Lipinski definition) is 1. The molecule has 0 radical (unpaired) electrons. The van der Waals surface area contributed by atoms with Crippen molar-refractivity contribution in [3.05, 3.63) is 59.1 Å². The zero-order valence-corrected chi connectivity index (χ0v) is 13.5. The summed E-state index contributed by atoms with van der Waals surface area (Å²) >= 11 is 3.36. The molecule has 0 aliphatic rings. The number of fused-ring (bicyclic) bond motifs is 1. The minimum absolute atomic E-state index is 0.364. The summed E-state index contributed by atoms with van der Waals surface area (Å²) in [6.07, 6.45) is 0.259. The van der Waals surface area contributed by atoms with Gasteiger partial charge in [-0.05, 0) is 31.2 Å². The molecule has 4 heteroatoms. The standard InChI is InChI=1S/C17H17NOS2/c1-12-6-8-14(9-7-12)20-11-13(19)10-17-18-15-4-2-3-5-16(15)21-17/h2-9,13,19H,10-11H2,1H3. The van der Waals surface area contributed by atoms with Crippen LogP contribution in [0.2, 0.25) is 0 Å². The van der Waals surface area contributed by atoms with Crippen LogP contribution in [-0.2, 0) is 6.42 Å². The number of benzene rings is 2. The highest BCUT2D eigenvalue weighted by atomic mass is 32.2. The molecule has 2 aromatic carbocycles. The van der Waals surface area contributed by atoms with Crippen molar-refractivity contribution in [1.29, 1.82) is 0 Å². The van der Waals surface area contributed by atoms with Crippen molar-refractivity contribution in [3.63, 3.8) is 0 Å². The normalized spacial score (nSPS) is 12.7. The lowest BCUT2D eigenvalue weighted by Gasteiger charge is -2.08. The molecule has 3 rings (SSSR count). The van der Waals surface area contributed by atoms with Crippen LogP contribution in [0.4, 0.5) is 0 Å². The van der Waals surface area contributed by atoms with Crippen LogP contribution >= 0.6 is 23.1 Å². The molecule has 0 bridgehead atoms. The maximum absolute atomic E-state index is 10.2. The third-order valence-electron chi connectivity index (χ3n) is 3.21. The van der Waals surface area contributed by atoms with E-state index in [-0.39, 0.29) is 6.10 Å². The van der Waals surface area contributed by atoms with Crippen LogP contribution in [0, 0.1) is 6.92 Å². The third-order valence-corrected chi connectivity index (χ3v) is 5.43. The van der Waals surface area contributed by atoms with Gasteiger partial charge >= 0.3 is 0 Å². The zero-order valence-electron chi connectivity index (χ0n) is 11.8. The second kappa shape index (κ2) is 6.60. The van der Waals surface area contributed by atoms with Gasteiger partial charge in [0.2, 0.25) is 0 Å². The van der Waals surface area contributed by atoms with E-state index in [9.17, 15) is 5.11 Å². The first-order valence-electron chi connectivity index (χ1n) is 6.93. The molecule has 21 heavy (non-hydrogen) atoms. The number of aliphatic hydroxyl groups excluding tert-OH is 1. The number of aryl methyl sites for hydroxylation is 1. The van der Waals surface area contributed by atoms with Crippen LogP contribution in [-0.4, -0.2) is 21.9 Å². The van der Waals surface area contributed by atoms with Crippen LogP contribution in [0.3, 0.4) is 0 Å². The van der Waals surface area contributed by atoms with Crippen molar-refractivity contribution in [2.45, 2.75) is 24.3 Å². The largest absolute Gasteiger partial charge is 0.392 e. The Morgan fingerprint density at radius 3 is 2.67 bits per heavy atom. The van der Waals surface area contributed by atoms with Gasteiger partial charge in [-0.3, -0.25) is 0 Å². The summed E-state index contributed by atoms with van der Waals surface area (Å²) in [5, 5.41) is 11.2. The first-order chi connectivity index (χ1) is 10.2. The summed E-state index contributed by atoms with van der Waals surface area (Å²) in [5.41, 5.74) is 2.28. The number of thioether (sulfide) groups is 1. The number of rotatable bonds is 5. The van der Waals surface area contributed by atoms with Crippen molar-refractivity contribution in [1.82, 2.24) is 4.98 Å². The molecule has 1 atom stereocenters. The smallest absolute Gasteiger partial charge is 0.0964 e. The number of aliphatic hydroxyl groups is 1. The Hall–Kier alpha value is -1.36. The van der Waals surface area contributed by atoms with E-state index in [1.807, 2.05) is 18.2 Å². The highest BCUT2D eigenvalue weighted by Gasteiger charge is 2.10. The molecule has 108 valence electrons. The molecule has 0 amide bonds. The fourth-order valence-electron chi connectivity index (χ4n) is 2.09. The lowest BCUT2D eigenvalue weighted by molar-refractivity contribution is 0.200. The summed E-state index contributed by atoms with van der Waals surface area (Å²) in [4.78, 5) is 5.77. The molecular formula is C17H17NOS2. The molecule has 0 aliphatic heterocycles. The van der Waals surface area contributed by atoms with Gasteiger partial charge in [0.1, 0.15) is 0 Å². The van der Waals surface area contributed by atoms with Crippen molar-refractivity contribution in [3.8, 4) is 0 Å². The molecule has 1 unspecified atom stereocenters. The molecule has 2 nitrogen and oxygen atoms in total. The first kappa shape index (κ1) is 14.6. The van der Waals surface area contributed by atoms with Crippen LogP contribution in [0.25, 0.3) is 10.2 Å². The van der Waals surface area contributed by atoms with Crippen LogP contribution in [0.1, 0.15) is 10.6 Å². The SMILES string of the molecule is Cc1ccc(SCC(O)Cc2nc3ccccc3s2)cc1. The predicted molar refractivity (Wildman–Crippen MR) is 91.2 cm³/mol. The minimum Gasteiger partial charge on any atom is -0.392 e. The van der Waals surface area contributed by atoms with Crippen molar-refractivity contribution >= 4 is 33.3 Å². The summed E-state index contributed by atoms with van der Waals surface area (Å²) in [6, 6.07) is 16.5. The molecule has 1 N–H and O–H groups in total. The molecule has 0 saturated carbocycles. The van der Waals surface area contributed by atoms with Gasteiger partial charge in [-0.1, -0.05) is 29.8 Å². The van der Waals surface area contributed by atoms with Crippen molar-refractivity contribution in [2.24, 2.45) is 0 Å². The fraction of sp³-hybridized carbons (Fsp3) is 0.235. The van der Waals surface area contributed by atoms with E-state index < -0.39 is 0 Å². The Labute approximate surface area is 132 Å². The van der Waals surface area contributed by atoms with Crippen molar-refractivity contribution in [2.75, 3.05) is 5.75 Å². The fourth-order valence-corrected chi connectivity index (χ4v) is 3.96. The maximum Gasteiger partial charge on any atom is 0.0964 e. The summed E-state index contributed by atoms with van der Waals surface area (Å²) in [5.74, 6) is 0.693. The van der Waals surface area contributed by atoms with Gasteiger partial charge in [0, 0.05) is 17.1 Å². The van der Waals surface area contributed by atoms with Crippen LogP contribution in [0.5, 0.6) is 0 Å². The lowest BCUT2D eigenvalue weighted by atomic mass is 10.2. The van der Waals surface area contributed by atoms with Gasteiger partial charge in [0.05, 0.1) is 21.3 Å². The highest BCUT2D eigenvalue weighted by Crippen LogP contribution is 2.24. The monoisotopic (exact) mass is 315 g/mol. The van der Waals surface area contributed by atoms with Gasteiger partial charge in [-0.15, -0.1) is 23.1 Å². The summed E-state index contributed by atoms with van der Waals surface area (Å²) in [6.45, 7) is 2.08. The minimum atomic E-state index is -0.364. The third kappa shape index (κ3) is 3.84. The topological polar surface area (TPSA) is 33.1 Å². The van der Waals surface area contributed by atoms with Gasteiger partial charge in [0.15, 0.2) is 0 Å². The van der Waals surface area contributed by atoms with E-state index >= 15 is 0 Å². The molecule has 0 aliphatic carbocycles. The zero-order chi connectivity index (χ0) is 14.7. The molecule has 3 aromatic rings. The van der Waals surface area contributed by atoms with E-state index in [0.29, 0.717) is 12.2 Å². The second-order valence-corrected chi connectivity index (χ2v) is 7.27. The van der Waals surface area contributed by atoms with E-state index in [4.69, 9.17) is 0 Å². The summed E-state index contributed by atoms with van der Waals surface area (Å²) in [7, 11) is 0. The first-order valence-corrected chi connectivity index (χ1v) is 8.73. The number of nitrogens with zero attached hydrogens (tertiary/aromatic N) is 1. The number of thiazole rings is 1. The maximum atomic E-state index is 10.2. The Morgan fingerprint density at radius 1 is 1.14 bits per heavy atom. The average molecular weight is 315 g/mol. The predicted octanol–water partition coefficient (Wildman–Crippen LogP) is 4.30. The number of aromatic nitrogens is 1. The van der Waals surface area contributed by atoms with E-state index in [1.165, 1.54) is 15.2 Å². The highest BCUT2D eigenvalue weighted by molar-refractivity contribution is 7.99. The van der Waals surface area contributed by atoms with Crippen LogP contribution < -0.4 is 0 Å². The number of para-hydroxylation sites is 1. The van der Waals surface area contributed by atoms with Gasteiger partial charge in [0.25, 0.3) is 0 Å². The molecule has 0 fully saturated rings. The molecule has 1 aromatic heterocycles. The Kier molecular flexibility index (Phi) is 4.58. The Balaban J connectivity index is 1.58. The Morgan fingerprint density at radius 2 is 1.90 bits per heavy atom. The summed E-state index contributed by atoms with van der Waals surface area (Å²) < 4.78 is 1.19. The van der Waals surface area contributed by atoms with Gasteiger partial charge < -0.3 is 5.11 Å². The van der Waals surface area contributed by atoms with E-state index in [1.54, 1.807) is 23.1 Å². The van der Waals surface area contributed by atoms with Gasteiger partial charge in [-0.2, -0.15) is 0 Å². The molecule has 0 saturated heterocycles. The Bertz CT molecular complexity index is 688. The molecular weight excluding hydrogens is 298 g/mol. The van der Waals surface area contributed by atoms with E-state index in [0.717, 1.165) is 10.5 Å². The lowest BCUT2D eigenvalue weighted by Crippen LogP contribution is -2.13. The van der Waals surface area contributed by atoms with E-state index in [2.05, 4.69) is 42.2 Å². The average Bonchev–Trinajstić information content (AvgIpc) is 2.88. The van der Waals surface area contributed by atoms with Gasteiger partial charge in [-0.25, -0.2) is 4.98 Å². The quantitative estimate of drug-likeness (QED) is 0.713. The molecule has 1 heterocycles. The molecule has 0 spiro atoms.